The minimum atomic E-state index is 0. The largest absolute Gasteiger partial charge is 0.367 e. The van der Waals surface area contributed by atoms with Crippen molar-refractivity contribution in [3.8, 4) is 0 Å². The predicted octanol–water partition coefficient (Wildman–Crippen LogP) is 2.84. The van der Waals surface area contributed by atoms with Crippen LogP contribution < -0.4 is 4.90 Å². The molecule has 3 aliphatic rings. The highest BCUT2D eigenvalue weighted by Gasteiger charge is 2.52. The molecule has 8 heteroatoms. The molecule has 0 amide bonds. The molecule has 1 spiro atoms. The van der Waals surface area contributed by atoms with Crippen molar-refractivity contribution in [2.75, 3.05) is 31.1 Å². The van der Waals surface area contributed by atoms with Crippen molar-refractivity contribution < 1.29 is 0 Å². The van der Waals surface area contributed by atoms with Gasteiger partial charge in [0.2, 0.25) is 0 Å². The molecular weight excluding hydrogens is 354 g/mol. The Kier molecular flexibility index (Phi) is 8.02. The van der Waals surface area contributed by atoms with Gasteiger partial charge in [-0.05, 0) is 31.7 Å². The number of piperidine rings is 1. The van der Waals surface area contributed by atoms with E-state index in [2.05, 4.69) is 19.8 Å². The molecule has 3 saturated heterocycles. The van der Waals surface area contributed by atoms with E-state index in [1.807, 2.05) is 12.4 Å². The smallest absolute Gasteiger partial charge is 0.115 e. The van der Waals surface area contributed by atoms with E-state index in [9.17, 15) is 0 Å². The standard InChI is InChI=1S/C13H18N4.4ClH/c1-3-17-8-11(1)5-13(17)2-4-16(9-13)12-6-14-10-15-7-12;;;;/h6-7,10-11H,1-5,8-9H2;4*1H/t11-,13?;;;;/m1..../s1. The Balaban J connectivity index is 0.000001000. The lowest BCUT2D eigenvalue weighted by atomic mass is 9.87. The monoisotopic (exact) mass is 374 g/mol. The number of hydrogen-bond acceptors (Lipinski definition) is 4. The van der Waals surface area contributed by atoms with E-state index in [0.29, 0.717) is 5.54 Å². The molecule has 3 aliphatic heterocycles. The molecule has 4 nitrogen and oxygen atoms in total. The van der Waals surface area contributed by atoms with Crippen LogP contribution >= 0.6 is 49.6 Å². The Hall–Kier alpha value is -0.000000000000000167. The first-order valence-electron chi connectivity index (χ1n) is 6.61. The van der Waals surface area contributed by atoms with E-state index in [1.54, 1.807) is 6.33 Å². The molecule has 4 rings (SSSR count). The molecule has 2 unspecified atom stereocenters. The van der Waals surface area contributed by atoms with E-state index in [4.69, 9.17) is 0 Å². The molecule has 3 atom stereocenters. The Morgan fingerprint density at radius 1 is 1.05 bits per heavy atom. The fourth-order valence-electron chi connectivity index (χ4n) is 4.05. The van der Waals surface area contributed by atoms with Crippen molar-refractivity contribution in [2.24, 2.45) is 5.92 Å². The van der Waals surface area contributed by atoms with Gasteiger partial charge in [-0.25, -0.2) is 9.97 Å². The van der Waals surface area contributed by atoms with Crippen molar-refractivity contribution in [3.63, 3.8) is 0 Å². The fraction of sp³-hybridized carbons (Fsp3) is 0.692. The molecule has 4 heterocycles. The highest BCUT2D eigenvalue weighted by molar-refractivity contribution is 5.86. The lowest BCUT2D eigenvalue weighted by Crippen LogP contribution is -2.46. The zero-order valence-corrected chi connectivity index (χ0v) is 14.9. The van der Waals surface area contributed by atoms with Gasteiger partial charge in [-0.1, -0.05) is 0 Å². The molecule has 3 fully saturated rings. The van der Waals surface area contributed by atoms with E-state index in [0.717, 1.165) is 12.5 Å². The number of rotatable bonds is 1. The fourth-order valence-corrected chi connectivity index (χ4v) is 4.05. The van der Waals surface area contributed by atoms with E-state index < -0.39 is 0 Å². The second-order valence-corrected chi connectivity index (χ2v) is 5.80. The summed E-state index contributed by atoms with van der Waals surface area (Å²) in [5.41, 5.74) is 1.67. The average molecular weight is 376 g/mol. The third kappa shape index (κ3) is 3.50. The minimum absolute atomic E-state index is 0. The summed E-state index contributed by atoms with van der Waals surface area (Å²) in [5, 5.41) is 0. The maximum absolute atomic E-state index is 4.13. The summed E-state index contributed by atoms with van der Waals surface area (Å²) in [5.74, 6) is 0.974. The van der Waals surface area contributed by atoms with Crippen molar-refractivity contribution >= 4 is 55.3 Å². The zero-order valence-electron chi connectivity index (χ0n) is 11.7. The van der Waals surface area contributed by atoms with Gasteiger partial charge in [0.1, 0.15) is 6.33 Å². The van der Waals surface area contributed by atoms with Gasteiger partial charge in [0.15, 0.2) is 0 Å². The maximum atomic E-state index is 4.13. The van der Waals surface area contributed by atoms with Gasteiger partial charge in [-0.15, -0.1) is 49.6 Å². The number of anilines is 1. The Labute approximate surface area is 150 Å². The van der Waals surface area contributed by atoms with Crippen molar-refractivity contribution in [2.45, 2.75) is 24.8 Å². The lowest BCUT2D eigenvalue weighted by Gasteiger charge is -2.36. The normalized spacial score (nSPS) is 31.9. The lowest BCUT2D eigenvalue weighted by molar-refractivity contribution is 0.155. The SMILES string of the molecule is Cl.Cl.Cl.Cl.c1ncc(N2CCC3(C[C@H]4CCN3C4)C2)cn1. The number of aromatic nitrogens is 2. The van der Waals surface area contributed by atoms with Gasteiger partial charge in [-0.2, -0.15) is 0 Å². The Morgan fingerprint density at radius 2 is 1.76 bits per heavy atom. The number of halogens is 4. The Bertz CT molecular complexity index is 435. The molecule has 2 bridgehead atoms. The number of hydrogen-bond donors (Lipinski definition) is 0. The molecule has 21 heavy (non-hydrogen) atoms. The summed E-state index contributed by atoms with van der Waals surface area (Å²) >= 11 is 0. The molecule has 0 N–H and O–H groups in total. The summed E-state index contributed by atoms with van der Waals surface area (Å²) in [7, 11) is 0. The van der Waals surface area contributed by atoms with Gasteiger partial charge >= 0.3 is 0 Å². The summed E-state index contributed by atoms with van der Waals surface area (Å²) in [6, 6.07) is 0. The third-order valence-corrected chi connectivity index (χ3v) is 4.87. The summed E-state index contributed by atoms with van der Waals surface area (Å²) in [6.07, 6.45) is 9.64. The summed E-state index contributed by atoms with van der Waals surface area (Å²) in [4.78, 5) is 13.4. The molecule has 122 valence electrons. The van der Waals surface area contributed by atoms with Crippen LogP contribution in [0.5, 0.6) is 0 Å². The second-order valence-electron chi connectivity index (χ2n) is 5.80. The van der Waals surface area contributed by atoms with E-state index >= 15 is 0 Å². The maximum Gasteiger partial charge on any atom is 0.115 e. The van der Waals surface area contributed by atoms with Crippen LogP contribution in [0.4, 0.5) is 5.69 Å². The van der Waals surface area contributed by atoms with Gasteiger partial charge in [0.25, 0.3) is 0 Å². The average Bonchev–Trinajstić information content (AvgIpc) is 3.06. The van der Waals surface area contributed by atoms with Crippen molar-refractivity contribution in [3.05, 3.63) is 18.7 Å². The van der Waals surface area contributed by atoms with Crippen LogP contribution in [-0.2, 0) is 0 Å². The first-order valence-corrected chi connectivity index (χ1v) is 6.61. The molecule has 0 saturated carbocycles. The first kappa shape index (κ1) is 21.0. The van der Waals surface area contributed by atoms with Crippen molar-refractivity contribution in [1.82, 2.24) is 14.9 Å². The number of nitrogens with zero attached hydrogens (tertiary/aromatic N) is 4. The van der Waals surface area contributed by atoms with Gasteiger partial charge in [0.05, 0.1) is 18.1 Å². The minimum Gasteiger partial charge on any atom is -0.367 e. The molecule has 0 radical (unpaired) electrons. The van der Waals surface area contributed by atoms with Gasteiger partial charge in [0, 0.05) is 25.2 Å². The molecule has 0 aliphatic carbocycles. The van der Waals surface area contributed by atoms with Gasteiger partial charge in [-0.3, -0.25) is 4.90 Å². The quantitative estimate of drug-likeness (QED) is 0.755. The van der Waals surface area contributed by atoms with E-state index in [1.165, 1.54) is 44.6 Å². The summed E-state index contributed by atoms with van der Waals surface area (Å²) in [6.45, 7) is 5.01. The molecule has 1 aromatic heterocycles. The topological polar surface area (TPSA) is 32.3 Å². The van der Waals surface area contributed by atoms with Crippen LogP contribution in [0.25, 0.3) is 0 Å². The van der Waals surface area contributed by atoms with E-state index in [-0.39, 0.29) is 49.6 Å². The van der Waals surface area contributed by atoms with Crippen LogP contribution in [0.15, 0.2) is 18.7 Å². The number of fused-ring (bicyclic) bond motifs is 3. The van der Waals surface area contributed by atoms with Crippen LogP contribution in [0.2, 0.25) is 0 Å². The summed E-state index contributed by atoms with van der Waals surface area (Å²) < 4.78 is 0. The van der Waals surface area contributed by atoms with Crippen LogP contribution in [0.3, 0.4) is 0 Å². The molecular formula is C13H22Cl4N4. The van der Waals surface area contributed by atoms with Crippen LogP contribution in [0, 0.1) is 5.92 Å². The predicted molar refractivity (Wildman–Crippen MR) is 94.9 cm³/mol. The van der Waals surface area contributed by atoms with Crippen LogP contribution in [-0.4, -0.2) is 46.6 Å². The highest BCUT2D eigenvalue weighted by Crippen LogP contribution is 2.46. The highest BCUT2D eigenvalue weighted by atomic mass is 35.5. The first-order chi connectivity index (χ1) is 8.36. The Morgan fingerprint density at radius 3 is 2.33 bits per heavy atom. The molecule has 1 aromatic rings. The zero-order chi connectivity index (χ0) is 11.3. The molecule has 0 aromatic carbocycles. The second kappa shape index (κ2) is 8.02. The van der Waals surface area contributed by atoms with Crippen LogP contribution in [0.1, 0.15) is 19.3 Å². The third-order valence-electron chi connectivity index (χ3n) is 4.87. The van der Waals surface area contributed by atoms with Gasteiger partial charge < -0.3 is 4.90 Å². The van der Waals surface area contributed by atoms with Crippen molar-refractivity contribution in [1.29, 1.82) is 0 Å².